The predicted molar refractivity (Wildman–Crippen MR) is 107 cm³/mol. The van der Waals surface area contributed by atoms with Gasteiger partial charge < -0.3 is 9.42 Å². The molecule has 8 heteroatoms. The second-order valence-electron chi connectivity index (χ2n) is 7.67. The number of likely N-dealkylation sites (tertiary alicyclic amines) is 1. The first kappa shape index (κ1) is 19.3. The summed E-state index contributed by atoms with van der Waals surface area (Å²) in [6.07, 6.45) is 8.52. The van der Waals surface area contributed by atoms with Crippen LogP contribution in [0.4, 0.5) is 0 Å². The molecular weight excluding hydrogens is 368 g/mol. The largest absolute Gasteiger partial charge is 0.361 e. The van der Waals surface area contributed by atoms with Crippen LogP contribution in [0.3, 0.4) is 0 Å². The first-order valence-electron chi connectivity index (χ1n) is 10.1. The van der Waals surface area contributed by atoms with E-state index in [-0.39, 0.29) is 5.91 Å². The highest BCUT2D eigenvalue weighted by Crippen LogP contribution is 2.27. The molecule has 0 spiro atoms. The topological polar surface area (TPSA) is 89.9 Å². The molecule has 29 heavy (non-hydrogen) atoms. The van der Waals surface area contributed by atoms with Crippen molar-refractivity contribution in [1.29, 1.82) is 0 Å². The zero-order valence-corrected chi connectivity index (χ0v) is 16.9. The lowest BCUT2D eigenvalue weighted by atomic mass is 10.0. The van der Waals surface area contributed by atoms with Crippen LogP contribution >= 0.6 is 0 Å². The average Bonchev–Trinajstić information content (AvgIpc) is 3.45. The Balaban J connectivity index is 1.31. The second-order valence-corrected chi connectivity index (χ2v) is 7.67. The fourth-order valence-corrected chi connectivity index (χ4v) is 4.00. The standard InChI is InChI=1S/C21H26N6O2/c1-15-21(16(2)29-25-15)19-12-18(22-14-23-19)11-17-6-10-26(13-17)20(28)5-3-8-27-9-4-7-24-27/h4,7,9,12,14,17H,3,5-6,8,10-11,13H2,1-2H3. The Morgan fingerprint density at radius 3 is 2.97 bits per heavy atom. The minimum absolute atomic E-state index is 0.235. The maximum atomic E-state index is 12.5. The van der Waals surface area contributed by atoms with Crippen molar-refractivity contribution in [3.63, 3.8) is 0 Å². The summed E-state index contributed by atoms with van der Waals surface area (Å²) in [6.45, 7) is 6.21. The summed E-state index contributed by atoms with van der Waals surface area (Å²) in [4.78, 5) is 23.3. The summed E-state index contributed by atoms with van der Waals surface area (Å²) in [6, 6.07) is 3.91. The normalized spacial score (nSPS) is 16.5. The lowest BCUT2D eigenvalue weighted by Gasteiger charge is -2.16. The van der Waals surface area contributed by atoms with E-state index < -0.39 is 0 Å². The van der Waals surface area contributed by atoms with Gasteiger partial charge in [0.25, 0.3) is 0 Å². The van der Waals surface area contributed by atoms with Gasteiger partial charge in [-0.05, 0) is 51.2 Å². The predicted octanol–water partition coefficient (Wildman–Crippen LogP) is 2.82. The molecule has 3 aromatic rings. The van der Waals surface area contributed by atoms with E-state index in [0.717, 1.165) is 67.3 Å². The average molecular weight is 394 g/mol. The number of hydrogen-bond acceptors (Lipinski definition) is 6. The molecule has 3 aromatic heterocycles. The third kappa shape index (κ3) is 4.52. The van der Waals surface area contributed by atoms with Crippen molar-refractivity contribution in [2.45, 2.75) is 46.1 Å². The quantitative estimate of drug-likeness (QED) is 0.612. The molecule has 1 aliphatic heterocycles. The SMILES string of the molecule is Cc1noc(C)c1-c1cc(CC2CCN(C(=O)CCCn3cccn3)C2)ncn1. The Morgan fingerprint density at radius 2 is 2.21 bits per heavy atom. The lowest BCUT2D eigenvalue weighted by Crippen LogP contribution is -2.29. The number of hydrogen-bond donors (Lipinski definition) is 0. The van der Waals surface area contributed by atoms with Gasteiger partial charge in [-0.1, -0.05) is 5.16 Å². The van der Waals surface area contributed by atoms with Crippen molar-refractivity contribution in [3.8, 4) is 11.3 Å². The number of amides is 1. The van der Waals surface area contributed by atoms with Crippen LogP contribution in [0.1, 0.15) is 36.4 Å². The molecule has 1 fully saturated rings. The Labute approximate surface area is 169 Å². The molecule has 0 N–H and O–H groups in total. The molecule has 152 valence electrons. The van der Waals surface area contributed by atoms with Crippen molar-refractivity contribution < 1.29 is 9.32 Å². The van der Waals surface area contributed by atoms with Crippen LogP contribution < -0.4 is 0 Å². The van der Waals surface area contributed by atoms with Gasteiger partial charge in [0.05, 0.1) is 17.0 Å². The molecule has 8 nitrogen and oxygen atoms in total. The van der Waals surface area contributed by atoms with E-state index in [9.17, 15) is 4.79 Å². The maximum absolute atomic E-state index is 12.5. The van der Waals surface area contributed by atoms with Gasteiger partial charge in [-0.25, -0.2) is 9.97 Å². The summed E-state index contributed by atoms with van der Waals surface area (Å²) in [5.74, 6) is 1.43. The molecular formula is C21H26N6O2. The van der Waals surface area contributed by atoms with Crippen molar-refractivity contribution in [3.05, 3.63) is 48.0 Å². The van der Waals surface area contributed by atoms with Gasteiger partial charge in [-0.3, -0.25) is 9.48 Å². The highest BCUT2D eigenvalue weighted by Gasteiger charge is 2.26. The summed E-state index contributed by atoms with van der Waals surface area (Å²) in [5.41, 5.74) is 3.61. The van der Waals surface area contributed by atoms with Gasteiger partial charge in [-0.15, -0.1) is 0 Å². The second kappa shape index (κ2) is 8.55. The first-order chi connectivity index (χ1) is 14.1. The number of aryl methyl sites for hydroxylation is 3. The van der Waals surface area contributed by atoms with Crippen molar-refractivity contribution in [1.82, 2.24) is 29.8 Å². The monoisotopic (exact) mass is 394 g/mol. The molecule has 0 aliphatic carbocycles. The van der Waals surface area contributed by atoms with Crippen LogP contribution in [0.15, 0.2) is 35.4 Å². The molecule has 1 atom stereocenters. The van der Waals surface area contributed by atoms with Crippen molar-refractivity contribution in [2.75, 3.05) is 13.1 Å². The van der Waals surface area contributed by atoms with E-state index in [0.29, 0.717) is 12.3 Å². The van der Waals surface area contributed by atoms with E-state index in [1.165, 1.54) is 0 Å². The van der Waals surface area contributed by atoms with Gasteiger partial charge in [0.2, 0.25) is 5.91 Å². The highest BCUT2D eigenvalue weighted by molar-refractivity contribution is 5.76. The van der Waals surface area contributed by atoms with Crippen LogP contribution in [0.25, 0.3) is 11.3 Å². The molecule has 1 saturated heterocycles. The molecule has 0 saturated carbocycles. The lowest BCUT2D eigenvalue weighted by molar-refractivity contribution is -0.130. The summed E-state index contributed by atoms with van der Waals surface area (Å²) in [7, 11) is 0. The van der Waals surface area contributed by atoms with E-state index >= 15 is 0 Å². The van der Waals surface area contributed by atoms with Gasteiger partial charge >= 0.3 is 0 Å². The molecule has 4 rings (SSSR count). The summed E-state index contributed by atoms with van der Waals surface area (Å²) >= 11 is 0. The van der Waals surface area contributed by atoms with Crippen LogP contribution in [-0.2, 0) is 17.8 Å². The number of carbonyl (C=O) groups excluding carboxylic acids is 1. The molecule has 1 aliphatic rings. The number of rotatable bonds is 7. The Morgan fingerprint density at radius 1 is 1.31 bits per heavy atom. The molecule has 1 unspecified atom stereocenters. The Bertz CT molecular complexity index is 946. The minimum atomic E-state index is 0.235. The van der Waals surface area contributed by atoms with Crippen molar-refractivity contribution >= 4 is 5.91 Å². The number of nitrogens with zero attached hydrogens (tertiary/aromatic N) is 6. The van der Waals surface area contributed by atoms with Gasteiger partial charge in [0, 0.05) is 44.1 Å². The molecule has 4 heterocycles. The van der Waals surface area contributed by atoms with Crippen LogP contribution in [0.5, 0.6) is 0 Å². The fraction of sp³-hybridized carbons (Fsp3) is 0.476. The maximum Gasteiger partial charge on any atom is 0.222 e. The van der Waals surface area contributed by atoms with E-state index in [1.807, 2.05) is 41.8 Å². The molecule has 0 bridgehead atoms. The van der Waals surface area contributed by atoms with Gasteiger partial charge in [0.1, 0.15) is 12.1 Å². The number of aromatic nitrogens is 5. The summed E-state index contributed by atoms with van der Waals surface area (Å²) < 4.78 is 7.13. The van der Waals surface area contributed by atoms with Crippen LogP contribution in [0, 0.1) is 19.8 Å². The minimum Gasteiger partial charge on any atom is -0.361 e. The number of carbonyl (C=O) groups is 1. The van der Waals surface area contributed by atoms with Gasteiger partial charge in [0.15, 0.2) is 0 Å². The highest BCUT2D eigenvalue weighted by atomic mass is 16.5. The molecule has 0 radical (unpaired) electrons. The third-order valence-corrected chi connectivity index (χ3v) is 5.49. The van der Waals surface area contributed by atoms with Crippen molar-refractivity contribution in [2.24, 2.45) is 5.92 Å². The Kier molecular flexibility index (Phi) is 5.69. The summed E-state index contributed by atoms with van der Waals surface area (Å²) in [5, 5.41) is 8.19. The van der Waals surface area contributed by atoms with Crippen LogP contribution in [-0.4, -0.2) is 48.8 Å². The van der Waals surface area contributed by atoms with Gasteiger partial charge in [-0.2, -0.15) is 5.10 Å². The zero-order valence-electron chi connectivity index (χ0n) is 16.9. The Hall–Kier alpha value is -3.03. The first-order valence-corrected chi connectivity index (χ1v) is 10.1. The smallest absolute Gasteiger partial charge is 0.222 e. The fourth-order valence-electron chi connectivity index (χ4n) is 4.00. The van der Waals surface area contributed by atoms with Crippen LogP contribution in [0.2, 0.25) is 0 Å². The van der Waals surface area contributed by atoms with E-state index in [2.05, 4.69) is 20.2 Å². The van der Waals surface area contributed by atoms with E-state index in [1.54, 1.807) is 12.5 Å². The molecule has 1 amide bonds. The third-order valence-electron chi connectivity index (χ3n) is 5.49. The zero-order chi connectivity index (χ0) is 20.2. The molecule has 0 aromatic carbocycles. The van der Waals surface area contributed by atoms with E-state index in [4.69, 9.17) is 4.52 Å².